The van der Waals surface area contributed by atoms with Gasteiger partial charge in [-0.2, -0.15) is 13.2 Å². The summed E-state index contributed by atoms with van der Waals surface area (Å²) in [6.45, 7) is -0.837. The van der Waals surface area contributed by atoms with E-state index in [1.165, 1.54) is 12.1 Å². The Morgan fingerprint density at radius 1 is 1.17 bits per heavy atom. The number of nitrogens with one attached hydrogen (secondary N) is 1. The molecule has 5 nitrogen and oxygen atoms in total. The van der Waals surface area contributed by atoms with Crippen LogP contribution in [0.25, 0.3) is 0 Å². The molecule has 122 valence electrons. The molecule has 0 unspecified atom stereocenters. The molecule has 0 fully saturated rings. The second-order valence-electron chi connectivity index (χ2n) is 4.90. The molecule has 0 radical (unpaired) electrons. The number of anilines is 1. The van der Waals surface area contributed by atoms with Gasteiger partial charge in [0, 0.05) is 31.5 Å². The summed E-state index contributed by atoms with van der Waals surface area (Å²) in [5.74, 6) is -0.201. The highest BCUT2D eigenvalue weighted by Crippen LogP contribution is 2.13. The van der Waals surface area contributed by atoms with E-state index in [4.69, 9.17) is 0 Å². The molecule has 1 amide bonds. The van der Waals surface area contributed by atoms with Gasteiger partial charge in [-0.1, -0.05) is 12.1 Å². The third-order valence-electron chi connectivity index (χ3n) is 2.98. The van der Waals surface area contributed by atoms with Gasteiger partial charge in [0.1, 0.15) is 6.54 Å². The van der Waals surface area contributed by atoms with Crippen LogP contribution in [0.4, 0.5) is 19.1 Å². The minimum absolute atomic E-state index is 0.177. The Morgan fingerprint density at radius 2 is 1.78 bits per heavy atom. The minimum atomic E-state index is -4.42. The first-order valence-corrected chi connectivity index (χ1v) is 6.77. The van der Waals surface area contributed by atoms with E-state index >= 15 is 0 Å². The van der Waals surface area contributed by atoms with Crippen molar-refractivity contribution < 1.29 is 18.0 Å². The lowest BCUT2D eigenvalue weighted by Gasteiger charge is -2.16. The molecule has 1 heterocycles. The molecule has 0 atom stereocenters. The quantitative estimate of drug-likeness (QED) is 0.917. The van der Waals surface area contributed by atoms with Crippen molar-refractivity contribution in [3.8, 4) is 0 Å². The monoisotopic (exact) mass is 324 g/mol. The molecule has 8 heteroatoms. The van der Waals surface area contributed by atoms with Crippen LogP contribution >= 0.6 is 0 Å². The maximum absolute atomic E-state index is 12.1. The van der Waals surface area contributed by atoms with Crippen LogP contribution in [-0.4, -0.2) is 35.6 Å². The second-order valence-corrected chi connectivity index (χ2v) is 4.90. The SMILES string of the molecule is CN(Cc1ccc(C(=O)NCC(F)(F)F)cc1)c1ncccn1. The molecule has 0 spiro atoms. The first kappa shape index (κ1) is 16.7. The standard InChI is InChI=1S/C15H15F3N4O/c1-22(14-19-7-2-8-20-14)9-11-3-5-12(6-4-11)13(23)21-10-15(16,17)18/h2-8H,9-10H2,1H3,(H,21,23). The molecule has 1 N–H and O–H groups in total. The molecule has 0 aliphatic carbocycles. The van der Waals surface area contributed by atoms with Gasteiger partial charge in [0.05, 0.1) is 0 Å². The maximum atomic E-state index is 12.1. The third kappa shape index (κ3) is 5.24. The van der Waals surface area contributed by atoms with Crippen molar-refractivity contribution in [1.82, 2.24) is 15.3 Å². The van der Waals surface area contributed by atoms with Crippen molar-refractivity contribution >= 4 is 11.9 Å². The van der Waals surface area contributed by atoms with E-state index in [9.17, 15) is 18.0 Å². The molecule has 23 heavy (non-hydrogen) atoms. The fraction of sp³-hybridized carbons (Fsp3) is 0.267. The molecule has 0 saturated carbocycles. The summed E-state index contributed by atoms with van der Waals surface area (Å²) in [5.41, 5.74) is 1.06. The molecule has 1 aromatic heterocycles. The van der Waals surface area contributed by atoms with Crippen molar-refractivity contribution in [2.45, 2.75) is 12.7 Å². The summed E-state index contributed by atoms with van der Waals surface area (Å²) in [6, 6.07) is 8.05. The first-order chi connectivity index (χ1) is 10.8. The van der Waals surface area contributed by atoms with Gasteiger partial charge >= 0.3 is 6.18 Å². The Morgan fingerprint density at radius 3 is 2.35 bits per heavy atom. The zero-order chi connectivity index (χ0) is 16.9. The van der Waals surface area contributed by atoms with Gasteiger partial charge in [0.2, 0.25) is 5.95 Å². The van der Waals surface area contributed by atoms with Crippen molar-refractivity contribution in [2.75, 3.05) is 18.5 Å². The number of halogens is 3. The van der Waals surface area contributed by atoms with E-state index in [1.807, 2.05) is 17.3 Å². The van der Waals surface area contributed by atoms with Gasteiger partial charge in [-0.25, -0.2) is 9.97 Å². The van der Waals surface area contributed by atoms with Crippen molar-refractivity contribution in [2.24, 2.45) is 0 Å². The molecule has 2 aromatic rings. The number of aromatic nitrogens is 2. The largest absolute Gasteiger partial charge is 0.405 e. The van der Waals surface area contributed by atoms with Crippen molar-refractivity contribution in [1.29, 1.82) is 0 Å². The molecule has 0 aliphatic rings. The highest BCUT2D eigenvalue weighted by Gasteiger charge is 2.27. The van der Waals surface area contributed by atoms with Gasteiger partial charge in [-0.3, -0.25) is 4.79 Å². The molecular formula is C15H15F3N4O. The number of carbonyl (C=O) groups is 1. The van der Waals surface area contributed by atoms with E-state index < -0.39 is 18.6 Å². The van der Waals surface area contributed by atoms with Gasteiger partial charge in [-0.15, -0.1) is 0 Å². The van der Waals surface area contributed by atoms with Crippen LogP contribution in [0.2, 0.25) is 0 Å². The minimum Gasteiger partial charge on any atom is -0.343 e. The summed E-state index contributed by atoms with van der Waals surface area (Å²) in [4.78, 5) is 21.6. The Hall–Kier alpha value is -2.64. The van der Waals surface area contributed by atoms with Gasteiger partial charge in [0.25, 0.3) is 5.91 Å². The summed E-state index contributed by atoms with van der Waals surface area (Å²) in [7, 11) is 1.82. The Labute approximate surface area is 131 Å². The Balaban J connectivity index is 1.95. The number of hydrogen-bond acceptors (Lipinski definition) is 4. The average Bonchev–Trinajstić information content (AvgIpc) is 2.53. The van der Waals surface area contributed by atoms with Gasteiger partial charge in [0.15, 0.2) is 0 Å². The van der Waals surface area contributed by atoms with Gasteiger partial charge < -0.3 is 10.2 Å². The summed E-state index contributed by atoms with van der Waals surface area (Å²) in [6.07, 6.45) is -1.16. The van der Waals surface area contributed by atoms with Crippen LogP contribution in [-0.2, 0) is 6.54 Å². The fourth-order valence-corrected chi connectivity index (χ4v) is 1.88. The number of alkyl halides is 3. The summed E-state index contributed by atoms with van der Waals surface area (Å²) in [5, 5.41) is 1.83. The van der Waals surface area contributed by atoms with Crippen LogP contribution in [0.15, 0.2) is 42.7 Å². The van der Waals surface area contributed by atoms with E-state index in [-0.39, 0.29) is 5.56 Å². The van der Waals surface area contributed by atoms with Gasteiger partial charge in [-0.05, 0) is 23.8 Å². The zero-order valence-corrected chi connectivity index (χ0v) is 12.3. The molecule has 0 bridgehead atoms. The number of amides is 1. The average molecular weight is 324 g/mol. The molecule has 1 aromatic carbocycles. The summed E-state index contributed by atoms with van der Waals surface area (Å²) < 4.78 is 36.2. The van der Waals surface area contributed by atoms with Crippen LogP contribution in [0.1, 0.15) is 15.9 Å². The predicted octanol–water partition coefficient (Wildman–Crippen LogP) is 2.41. The Bertz CT molecular complexity index is 644. The zero-order valence-electron chi connectivity index (χ0n) is 12.3. The number of benzene rings is 1. The number of nitrogens with zero attached hydrogens (tertiary/aromatic N) is 3. The number of rotatable bonds is 5. The lowest BCUT2D eigenvalue weighted by atomic mass is 10.1. The fourth-order valence-electron chi connectivity index (χ4n) is 1.88. The van der Waals surface area contributed by atoms with E-state index in [0.717, 1.165) is 5.56 Å². The highest BCUT2D eigenvalue weighted by atomic mass is 19.4. The number of carbonyl (C=O) groups excluding carboxylic acids is 1. The van der Waals surface area contributed by atoms with E-state index in [0.29, 0.717) is 12.5 Å². The maximum Gasteiger partial charge on any atom is 0.405 e. The molecule has 2 rings (SSSR count). The highest BCUT2D eigenvalue weighted by molar-refractivity contribution is 5.94. The van der Waals surface area contributed by atoms with E-state index in [1.54, 1.807) is 30.6 Å². The smallest absolute Gasteiger partial charge is 0.343 e. The third-order valence-corrected chi connectivity index (χ3v) is 2.98. The van der Waals surface area contributed by atoms with E-state index in [2.05, 4.69) is 9.97 Å². The lowest BCUT2D eigenvalue weighted by molar-refractivity contribution is -0.123. The molecule has 0 saturated heterocycles. The van der Waals surface area contributed by atoms with Crippen LogP contribution in [0.5, 0.6) is 0 Å². The van der Waals surface area contributed by atoms with Crippen molar-refractivity contribution in [3.05, 3.63) is 53.9 Å². The van der Waals surface area contributed by atoms with Crippen LogP contribution in [0.3, 0.4) is 0 Å². The van der Waals surface area contributed by atoms with Crippen molar-refractivity contribution in [3.63, 3.8) is 0 Å². The first-order valence-electron chi connectivity index (χ1n) is 6.77. The number of hydrogen-bond donors (Lipinski definition) is 1. The topological polar surface area (TPSA) is 58.1 Å². The molecular weight excluding hydrogens is 309 g/mol. The normalized spacial score (nSPS) is 11.1. The lowest BCUT2D eigenvalue weighted by Crippen LogP contribution is -2.33. The molecule has 0 aliphatic heterocycles. The second kappa shape index (κ2) is 7.08. The van der Waals surface area contributed by atoms with Crippen LogP contribution < -0.4 is 10.2 Å². The Kier molecular flexibility index (Phi) is 5.15. The summed E-state index contributed by atoms with van der Waals surface area (Å²) >= 11 is 0. The van der Waals surface area contributed by atoms with Crippen LogP contribution in [0, 0.1) is 0 Å². The predicted molar refractivity (Wildman–Crippen MR) is 79.0 cm³/mol.